The van der Waals surface area contributed by atoms with Crippen LogP contribution in [0.3, 0.4) is 0 Å². The molecular weight excluding hydrogens is 256 g/mol. The van der Waals surface area contributed by atoms with Crippen LogP contribution in [-0.2, 0) is 16.8 Å². The molecule has 1 atom stereocenters. The van der Waals surface area contributed by atoms with Gasteiger partial charge in [0, 0.05) is 7.11 Å². The van der Waals surface area contributed by atoms with Gasteiger partial charge in [-0.1, -0.05) is 12.1 Å². The largest absolute Gasteiger partial charge is 0.392 e. The summed E-state index contributed by atoms with van der Waals surface area (Å²) in [6.45, 7) is 2.27. The Kier molecular flexibility index (Phi) is 3.82. The summed E-state index contributed by atoms with van der Waals surface area (Å²) in [6.07, 6.45) is 6.49. The maximum absolute atomic E-state index is 9.96. The molecule has 0 saturated heterocycles. The molecule has 0 aliphatic heterocycles. The van der Waals surface area contributed by atoms with Crippen molar-refractivity contribution < 1.29 is 14.4 Å². The Labute approximate surface area is 119 Å². The first-order valence-corrected chi connectivity index (χ1v) is 7.69. The Morgan fingerprint density at radius 2 is 2.05 bits per heavy atom. The van der Waals surface area contributed by atoms with Gasteiger partial charge in [0.15, 0.2) is 0 Å². The lowest BCUT2D eigenvalue weighted by Gasteiger charge is -2.35. The van der Waals surface area contributed by atoms with Gasteiger partial charge in [0.1, 0.15) is 5.60 Å². The fourth-order valence-electron chi connectivity index (χ4n) is 3.10. The van der Waals surface area contributed by atoms with Gasteiger partial charge in [-0.25, -0.2) is 0 Å². The van der Waals surface area contributed by atoms with Crippen LogP contribution in [0, 0.1) is 11.8 Å². The third kappa shape index (κ3) is 2.74. The lowest BCUT2D eigenvalue weighted by atomic mass is 9.79. The number of hydrogen-bond donors (Lipinski definition) is 1. The molecular formula is C15H24N2O3. The van der Waals surface area contributed by atoms with Crippen molar-refractivity contribution >= 4 is 0 Å². The normalized spacial score (nSPS) is 32.2. The maximum Gasteiger partial charge on any atom is 0.229 e. The fourth-order valence-corrected chi connectivity index (χ4v) is 3.10. The zero-order valence-electron chi connectivity index (χ0n) is 12.3. The number of hydrogen-bond acceptors (Lipinski definition) is 5. The molecule has 1 unspecified atom stereocenters. The smallest absolute Gasteiger partial charge is 0.229 e. The average Bonchev–Trinajstić information content (AvgIpc) is 3.21. The first-order valence-electron chi connectivity index (χ1n) is 7.69. The van der Waals surface area contributed by atoms with Gasteiger partial charge >= 0.3 is 0 Å². The van der Waals surface area contributed by atoms with Crippen LogP contribution in [0.4, 0.5) is 0 Å². The Morgan fingerprint density at radius 1 is 1.35 bits per heavy atom. The monoisotopic (exact) mass is 280 g/mol. The summed E-state index contributed by atoms with van der Waals surface area (Å²) in [5, 5.41) is 14.1. The molecule has 2 saturated carbocycles. The second-order valence-corrected chi connectivity index (χ2v) is 6.50. The Hall–Kier alpha value is -0.940. The van der Waals surface area contributed by atoms with E-state index >= 15 is 0 Å². The molecule has 1 aromatic heterocycles. The van der Waals surface area contributed by atoms with Crippen LogP contribution in [0.1, 0.15) is 57.2 Å². The molecule has 0 radical (unpaired) electrons. The van der Waals surface area contributed by atoms with Crippen LogP contribution < -0.4 is 0 Å². The van der Waals surface area contributed by atoms with Crippen LogP contribution in [0.2, 0.25) is 0 Å². The van der Waals surface area contributed by atoms with Crippen molar-refractivity contribution in [2.24, 2.45) is 11.8 Å². The fraction of sp³-hybridized carbons (Fsp3) is 0.867. The van der Waals surface area contributed by atoms with E-state index in [0.29, 0.717) is 24.1 Å². The van der Waals surface area contributed by atoms with Crippen molar-refractivity contribution in [3.05, 3.63) is 11.7 Å². The molecule has 1 aromatic rings. The van der Waals surface area contributed by atoms with Gasteiger partial charge in [0.05, 0.1) is 12.5 Å². The number of aliphatic hydroxyl groups is 1. The number of aromatic nitrogens is 2. The van der Waals surface area contributed by atoms with Crippen molar-refractivity contribution in [1.82, 2.24) is 10.1 Å². The zero-order chi connectivity index (χ0) is 14.2. The second kappa shape index (κ2) is 5.45. The summed E-state index contributed by atoms with van der Waals surface area (Å²) >= 11 is 0. The van der Waals surface area contributed by atoms with Gasteiger partial charge in [0.2, 0.25) is 11.7 Å². The van der Waals surface area contributed by atoms with Gasteiger partial charge in [-0.15, -0.1) is 0 Å². The van der Waals surface area contributed by atoms with E-state index in [2.05, 4.69) is 17.1 Å². The van der Waals surface area contributed by atoms with E-state index in [1.807, 2.05) is 0 Å². The summed E-state index contributed by atoms with van der Waals surface area (Å²) in [5.74, 6) is 2.36. The zero-order valence-corrected chi connectivity index (χ0v) is 12.3. The molecule has 20 heavy (non-hydrogen) atoms. The molecule has 2 fully saturated rings. The molecule has 5 nitrogen and oxygen atoms in total. The van der Waals surface area contributed by atoms with Crippen LogP contribution >= 0.6 is 0 Å². The molecule has 1 heterocycles. The summed E-state index contributed by atoms with van der Waals surface area (Å²) in [6, 6.07) is 0. The van der Waals surface area contributed by atoms with E-state index < -0.39 is 5.60 Å². The minimum absolute atomic E-state index is 0.340. The Morgan fingerprint density at radius 3 is 2.65 bits per heavy atom. The van der Waals surface area contributed by atoms with E-state index in [1.54, 1.807) is 7.11 Å². The van der Waals surface area contributed by atoms with Gasteiger partial charge in [-0.2, -0.15) is 4.98 Å². The quantitative estimate of drug-likeness (QED) is 0.897. The molecule has 0 spiro atoms. The highest BCUT2D eigenvalue weighted by Gasteiger charge is 2.40. The summed E-state index contributed by atoms with van der Waals surface area (Å²) in [4.78, 5) is 4.49. The summed E-state index contributed by atoms with van der Waals surface area (Å²) in [7, 11) is 1.73. The number of aliphatic hydroxyl groups excluding tert-OH is 1. The average molecular weight is 280 g/mol. The minimum Gasteiger partial charge on any atom is -0.392 e. The number of nitrogens with zero attached hydrogens (tertiary/aromatic N) is 2. The van der Waals surface area contributed by atoms with Crippen molar-refractivity contribution in [3.63, 3.8) is 0 Å². The molecule has 3 rings (SSSR count). The third-order valence-corrected chi connectivity index (χ3v) is 4.90. The first-order chi connectivity index (χ1) is 9.63. The van der Waals surface area contributed by atoms with Gasteiger partial charge in [-0.3, -0.25) is 0 Å². The summed E-state index contributed by atoms with van der Waals surface area (Å²) in [5.41, 5.74) is -0.390. The van der Waals surface area contributed by atoms with Crippen molar-refractivity contribution in [2.75, 3.05) is 7.11 Å². The Balaban J connectivity index is 1.70. The highest BCUT2D eigenvalue weighted by Crippen LogP contribution is 2.41. The van der Waals surface area contributed by atoms with E-state index in [9.17, 15) is 5.11 Å². The van der Waals surface area contributed by atoms with E-state index in [-0.39, 0.29) is 6.10 Å². The lowest BCUT2D eigenvalue weighted by molar-refractivity contribution is -0.0609. The topological polar surface area (TPSA) is 68.4 Å². The molecule has 2 aliphatic rings. The molecule has 0 bridgehead atoms. The molecule has 1 N–H and O–H groups in total. The standard InChI is InChI=1S/C15H24N2O3/c1-10-5-7-15(19-2,8-6-10)14-16-13(20-17-14)9-12(18)11-3-4-11/h10-12,18H,3-9H2,1-2H3. The molecule has 0 amide bonds. The predicted molar refractivity (Wildman–Crippen MR) is 73.1 cm³/mol. The van der Waals surface area contributed by atoms with E-state index in [1.165, 1.54) is 0 Å². The van der Waals surface area contributed by atoms with Crippen molar-refractivity contribution in [1.29, 1.82) is 0 Å². The number of ether oxygens (including phenoxy) is 1. The first kappa shape index (κ1) is 14.0. The van der Waals surface area contributed by atoms with Crippen LogP contribution in [-0.4, -0.2) is 28.5 Å². The van der Waals surface area contributed by atoms with Crippen molar-refractivity contribution in [2.45, 2.75) is 63.6 Å². The maximum atomic E-state index is 9.96. The van der Waals surface area contributed by atoms with Gasteiger partial charge < -0.3 is 14.4 Å². The van der Waals surface area contributed by atoms with Crippen molar-refractivity contribution in [3.8, 4) is 0 Å². The molecule has 2 aliphatic carbocycles. The minimum atomic E-state index is -0.390. The predicted octanol–water partition coefficient (Wildman–Crippen LogP) is 2.43. The molecule has 0 aromatic carbocycles. The van der Waals surface area contributed by atoms with E-state index in [4.69, 9.17) is 9.26 Å². The molecule has 5 heteroatoms. The highest BCUT2D eigenvalue weighted by molar-refractivity contribution is 5.04. The Bertz CT molecular complexity index is 448. The van der Waals surface area contributed by atoms with Crippen LogP contribution in [0.5, 0.6) is 0 Å². The SMILES string of the molecule is COC1(c2noc(CC(O)C3CC3)n2)CCC(C)CC1. The number of methoxy groups -OCH3 is 1. The van der Waals surface area contributed by atoms with Gasteiger partial charge in [0.25, 0.3) is 0 Å². The van der Waals surface area contributed by atoms with Crippen LogP contribution in [0.15, 0.2) is 4.52 Å². The highest BCUT2D eigenvalue weighted by atomic mass is 16.5. The number of rotatable bonds is 5. The third-order valence-electron chi connectivity index (χ3n) is 4.90. The summed E-state index contributed by atoms with van der Waals surface area (Å²) < 4.78 is 11.1. The second-order valence-electron chi connectivity index (χ2n) is 6.50. The van der Waals surface area contributed by atoms with Crippen LogP contribution in [0.25, 0.3) is 0 Å². The molecule has 112 valence electrons. The lowest BCUT2D eigenvalue weighted by Crippen LogP contribution is -2.34. The van der Waals surface area contributed by atoms with E-state index in [0.717, 1.165) is 44.4 Å². The van der Waals surface area contributed by atoms with Gasteiger partial charge in [-0.05, 0) is 50.4 Å².